The molecular formula is C22H37N5O11. The van der Waals surface area contributed by atoms with E-state index in [2.05, 4.69) is 16.0 Å². The second-order valence-electron chi connectivity index (χ2n) is 9.37. The minimum absolute atomic E-state index is 0.103. The monoisotopic (exact) mass is 547 g/mol. The van der Waals surface area contributed by atoms with Crippen LogP contribution in [0.2, 0.25) is 0 Å². The van der Waals surface area contributed by atoms with Gasteiger partial charge in [0.1, 0.15) is 24.2 Å². The smallest absolute Gasteiger partial charge is 0.328 e. The Morgan fingerprint density at radius 1 is 0.658 bits per heavy atom. The molecule has 0 bridgehead atoms. The summed E-state index contributed by atoms with van der Waals surface area (Å²) in [4.78, 5) is 83.8. The van der Waals surface area contributed by atoms with E-state index in [4.69, 9.17) is 26.2 Å². The van der Waals surface area contributed by atoms with Crippen molar-refractivity contribution in [3.8, 4) is 0 Å². The van der Waals surface area contributed by atoms with Crippen LogP contribution in [0.4, 0.5) is 0 Å². The summed E-state index contributed by atoms with van der Waals surface area (Å²) in [6.45, 7) is 5.60. The quantitative estimate of drug-likeness (QED) is 0.0880. The zero-order chi connectivity index (χ0) is 29.7. The van der Waals surface area contributed by atoms with Crippen molar-refractivity contribution < 1.29 is 54.0 Å². The Hall–Kier alpha value is -3.79. The fourth-order valence-corrected chi connectivity index (χ4v) is 3.15. The Kier molecular flexibility index (Phi) is 14.5. The first-order valence-corrected chi connectivity index (χ1v) is 11.7. The molecule has 4 amide bonds. The first kappa shape index (κ1) is 34.2. The second kappa shape index (κ2) is 16.1. The maximum Gasteiger partial charge on any atom is 0.328 e. The fourth-order valence-electron chi connectivity index (χ4n) is 3.15. The lowest BCUT2D eigenvalue weighted by atomic mass is 9.99. The molecule has 0 aromatic rings. The summed E-state index contributed by atoms with van der Waals surface area (Å²) >= 11 is 0. The van der Waals surface area contributed by atoms with Crippen LogP contribution in [0.25, 0.3) is 0 Å². The van der Waals surface area contributed by atoms with Crippen LogP contribution in [0.1, 0.15) is 47.0 Å². The molecule has 0 rings (SSSR count). The topological polar surface area (TPSA) is 275 Å². The lowest BCUT2D eigenvalue weighted by molar-refractivity contribution is -0.144. The van der Waals surface area contributed by atoms with Crippen LogP contribution in [0.15, 0.2) is 0 Å². The molecule has 0 heterocycles. The molecule has 10 N–H and O–H groups in total. The number of carbonyl (C=O) groups excluding carboxylic acids is 4. The summed E-state index contributed by atoms with van der Waals surface area (Å²) in [6.07, 6.45) is -1.50. The van der Waals surface area contributed by atoms with E-state index in [0.717, 1.165) is 0 Å². The van der Waals surface area contributed by atoms with E-state index in [1.807, 2.05) is 5.32 Å². The van der Waals surface area contributed by atoms with Crippen molar-refractivity contribution in [1.82, 2.24) is 21.3 Å². The predicted molar refractivity (Wildman–Crippen MR) is 129 cm³/mol. The fraction of sp³-hybridized carbons (Fsp3) is 0.682. The molecule has 38 heavy (non-hydrogen) atoms. The van der Waals surface area contributed by atoms with Crippen molar-refractivity contribution in [3.63, 3.8) is 0 Å². The maximum atomic E-state index is 13.0. The third-order valence-electron chi connectivity index (χ3n) is 5.13. The van der Waals surface area contributed by atoms with Gasteiger partial charge in [0, 0.05) is 0 Å². The molecule has 0 unspecified atom stereocenters. The van der Waals surface area contributed by atoms with Gasteiger partial charge >= 0.3 is 17.9 Å². The van der Waals surface area contributed by atoms with E-state index < -0.39 is 97.1 Å². The molecule has 0 aliphatic carbocycles. The highest BCUT2D eigenvalue weighted by Crippen LogP contribution is 2.09. The number of rotatable bonds is 17. The number of nitrogens with one attached hydrogen (secondary N) is 4. The lowest BCUT2D eigenvalue weighted by Gasteiger charge is -2.28. The van der Waals surface area contributed by atoms with Crippen LogP contribution in [0.3, 0.4) is 0 Å². The van der Waals surface area contributed by atoms with Gasteiger partial charge < -0.3 is 47.4 Å². The number of aliphatic hydroxyl groups excluding tert-OH is 1. The van der Waals surface area contributed by atoms with Gasteiger partial charge in [-0.1, -0.05) is 27.7 Å². The highest BCUT2D eigenvalue weighted by atomic mass is 16.4. The molecule has 16 nitrogen and oxygen atoms in total. The van der Waals surface area contributed by atoms with Gasteiger partial charge in [0.05, 0.1) is 25.5 Å². The number of hydrogen-bond acceptors (Lipinski definition) is 9. The second-order valence-corrected chi connectivity index (χ2v) is 9.37. The number of carbonyl (C=O) groups is 7. The number of aliphatic carboxylic acids is 3. The Morgan fingerprint density at radius 3 is 1.55 bits per heavy atom. The van der Waals surface area contributed by atoms with Gasteiger partial charge in [-0.3, -0.25) is 28.8 Å². The predicted octanol–water partition coefficient (Wildman–Crippen LogP) is -3.02. The Balaban J connectivity index is 5.72. The molecule has 0 spiro atoms. The zero-order valence-electron chi connectivity index (χ0n) is 21.6. The number of carboxylic acid groups (broad SMARTS) is 3. The molecule has 0 aromatic heterocycles. The van der Waals surface area contributed by atoms with E-state index in [1.54, 1.807) is 27.7 Å². The van der Waals surface area contributed by atoms with Crippen molar-refractivity contribution >= 4 is 41.5 Å². The average molecular weight is 548 g/mol. The van der Waals surface area contributed by atoms with Gasteiger partial charge in [-0.05, 0) is 18.3 Å². The number of amides is 4. The standard InChI is InChI=1S/C22H37N5O11/c1-9(2)5-12(24-18(33)11(23)6-15(29)30)20(35)27-17(10(3)4)21(36)25-13(7-16(31)32)19(34)26-14(8-28)22(37)38/h9-14,17,28H,5-8,23H2,1-4H3,(H,24,33)(H,25,36)(H,26,34)(H,27,35)(H,29,30)(H,31,32)(H,37,38)/t11-,12-,13-,14-,17-/m0/s1. The van der Waals surface area contributed by atoms with Crippen molar-refractivity contribution in [3.05, 3.63) is 0 Å². The van der Waals surface area contributed by atoms with E-state index in [1.165, 1.54) is 0 Å². The van der Waals surface area contributed by atoms with E-state index >= 15 is 0 Å². The molecule has 216 valence electrons. The average Bonchev–Trinajstić information content (AvgIpc) is 2.77. The van der Waals surface area contributed by atoms with E-state index in [0.29, 0.717) is 0 Å². The molecule has 0 aliphatic heterocycles. The summed E-state index contributed by atoms with van der Waals surface area (Å²) in [5.74, 6) is -8.98. The van der Waals surface area contributed by atoms with Crippen molar-refractivity contribution in [2.75, 3.05) is 6.61 Å². The largest absolute Gasteiger partial charge is 0.481 e. The number of aliphatic hydroxyl groups is 1. The molecule has 0 aromatic carbocycles. The number of hydrogen-bond donors (Lipinski definition) is 9. The van der Waals surface area contributed by atoms with Gasteiger partial charge in [-0.2, -0.15) is 0 Å². The minimum Gasteiger partial charge on any atom is -0.481 e. The number of nitrogens with two attached hydrogens (primary N) is 1. The third-order valence-corrected chi connectivity index (χ3v) is 5.13. The third kappa shape index (κ3) is 12.4. The summed E-state index contributed by atoms with van der Waals surface area (Å²) in [7, 11) is 0. The van der Waals surface area contributed by atoms with Crippen LogP contribution >= 0.6 is 0 Å². The van der Waals surface area contributed by atoms with E-state index in [9.17, 15) is 33.6 Å². The molecule has 5 atom stereocenters. The van der Waals surface area contributed by atoms with Gasteiger partial charge in [0.15, 0.2) is 0 Å². The lowest BCUT2D eigenvalue weighted by Crippen LogP contribution is -2.60. The summed E-state index contributed by atoms with van der Waals surface area (Å²) in [5, 5.41) is 44.9. The normalized spacial score (nSPS) is 14.9. The minimum atomic E-state index is -1.75. The highest BCUT2D eigenvalue weighted by Gasteiger charge is 2.34. The molecule has 0 fully saturated rings. The van der Waals surface area contributed by atoms with Crippen LogP contribution in [-0.4, -0.2) is 98.8 Å². The van der Waals surface area contributed by atoms with Gasteiger partial charge in [-0.25, -0.2) is 4.79 Å². The molecular weight excluding hydrogens is 510 g/mol. The summed E-state index contributed by atoms with van der Waals surface area (Å²) in [6, 6.07) is -7.44. The SMILES string of the molecule is CC(C)C[C@H](NC(=O)[C@@H](N)CC(=O)O)C(=O)N[C@H](C(=O)N[C@@H](CC(=O)O)C(=O)N[C@@H](CO)C(=O)O)C(C)C. The van der Waals surface area contributed by atoms with Crippen LogP contribution in [0.5, 0.6) is 0 Å². The molecule has 0 saturated heterocycles. The van der Waals surface area contributed by atoms with Crippen LogP contribution < -0.4 is 27.0 Å². The number of carboxylic acids is 3. The van der Waals surface area contributed by atoms with Crippen LogP contribution in [-0.2, 0) is 33.6 Å². The summed E-state index contributed by atoms with van der Waals surface area (Å²) in [5.41, 5.74) is 5.55. The molecule has 0 radical (unpaired) electrons. The van der Waals surface area contributed by atoms with Gasteiger partial charge in [0.25, 0.3) is 0 Å². The first-order chi connectivity index (χ1) is 17.5. The van der Waals surface area contributed by atoms with Gasteiger partial charge in [0.2, 0.25) is 23.6 Å². The maximum absolute atomic E-state index is 13.0. The van der Waals surface area contributed by atoms with E-state index in [-0.39, 0.29) is 12.3 Å². The van der Waals surface area contributed by atoms with Gasteiger partial charge in [-0.15, -0.1) is 0 Å². The molecule has 16 heteroatoms. The summed E-state index contributed by atoms with van der Waals surface area (Å²) < 4.78 is 0. The van der Waals surface area contributed by atoms with Crippen molar-refractivity contribution in [1.29, 1.82) is 0 Å². The zero-order valence-corrected chi connectivity index (χ0v) is 21.6. The van der Waals surface area contributed by atoms with Crippen LogP contribution in [0, 0.1) is 11.8 Å². The molecule has 0 aliphatic rings. The Labute approximate surface area is 218 Å². The Morgan fingerprint density at radius 2 is 1.13 bits per heavy atom. The Bertz CT molecular complexity index is 893. The van der Waals surface area contributed by atoms with Crippen molar-refractivity contribution in [2.24, 2.45) is 17.6 Å². The molecule has 0 saturated carbocycles. The first-order valence-electron chi connectivity index (χ1n) is 11.7. The highest BCUT2D eigenvalue weighted by molar-refractivity contribution is 5.96. The van der Waals surface area contributed by atoms with Crippen molar-refractivity contribution in [2.45, 2.75) is 77.2 Å².